The molecule has 3 N–H and O–H groups in total. The van der Waals surface area contributed by atoms with Crippen LogP contribution in [0.15, 0.2) is 18.2 Å². The van der Waals surface area contributed by atoms with Gasteiger partial charge in [-0.25, -0.2) is 0 Å². The van der Waals surface area contributed by atoms with E-state index >= 15 is 0 Å². The van der Waals surface area contributed by atoms with Crippen LogP contribution < -0.4 is 5.73 Å². The summed E-state index contributed by atoms with van der Waals surface area (Å²) in [7, 11) is 0. The van der Waals surface area contributed by atoms with Crippen molar-refractivity contribution in [1.29, 1.82) is 0 Å². The second-order valence-electron chi connectivity index (χ2n) is 4.64. The maximum absolute atomic E-state index is 9.54. The van der Waals surface area contributed by atoms with Gasteiger partial charge in [-0.15, -0.1) is 0 Å². The summed E-state index contributed by atoms with van der Waals surface area (Å²) >= 11 is 0. The third-order valence-corrected chi connectivity index (χ3v) is 2.72. The van der Waals surface area contributed by atoms with Crippen LogP contribution >= 0.6 is 0 Å². The minimum atomic E-state index is -0.874. The topological polar surface area (TPSA) is 46.2 Å². The molecule has 0 aliphatic rings. The fraction of sp³-hybridized carbons (Fsp3) is 0.538. The van der Waals surface area contributed by atoms with E-state index in [2.05, 4.69) is 39.8 Å². The molecule has 2 heteroatoms. The van der Waals surface area contributed by atoms with Gasteiger partial charge in [-0.05, 0) is 28.5 Å². The van der Waals surface area contributed by atoms with Gasteiger partial charge in [0.2, 0.25) is 0 Å². The molecule has 84 valence electrons. The van der Waals surface area contributed by atoms with Crippen LogP contribution in [-0.4, -0.2) is 5.11 Å². The van der Waals surface area contributed by atoms with Crippen LogP contribution in [0.2, 0.25) is 0 Å². The summed E-state index contributed by atoms with van der Waals surface area (Å²) in [6, 6.07) is 6.21. The van der Waals surface area contributed by atoms with E-state index in [1.54, 1.807) is 0 Å². The van der Waals surface area contributed by atoms with Crippen LogP contribution in [0.1, 0.15) is 62.4 Å². The Morgan fingerprint density at radius 1 is 1.00 bits per heavy atom. The lowest BCUT2D eigenvalue weighted by atomic mass is 9.91. The lowest BCUT2D eigenvalue weighted by molar-refractivity contribution is 0.184. The van der Waals surface area contributed by atoms with Gasteiger partial charge in [0.15, 0.2) is 0 Å². The Hall–Kier alpha value is -0.860. The Labute approximate surface area is 92.1 Å². The van der Waals surface area contributed by atoms with Gasteiger partial charge in [0, 0.05) is 0 Å². The standard InChI is InChI=1S/C13H21NO/c1-8(2)10-5-6-11(9(3)4)12(7-10)13(14)15/h5-9,13,15H,14H2,1-4H3. The third kappa shape index (κ3) is 2.80. The maximum atomic E-state index is 9.54. The molecule has 0 aliphatic carbocycles. The Morgan fingerprint density at radius 3 is 2.00 bits per heavy atom. The van der Waals surface area contributed by atoms with Crippen LogP contribution in [0.4, 0.5) is 0 Å². The van der Waals surface area contributed by atoms with Crippen molar-refractivity contribution in [3.8, 4) is 0 Å². The zero-order valence-electron chi connectivity index (χ0n) is 9.99. The molecule has 1 atom stereocenters. The molecule has 1 aromatic carbocycles. The minimum Gasteiger partial charge on any atom is -0.375 e. The summed E-state index contributed by atoms with van der Waals surface area (Å²) in [5.74, 6) is 0.850. The van der Waals surface area contributed by atoms with E-state index in [1.165, 1.54) is 5.56 Å². The SMILES string of the molecule is CC(C)c1ccc(C(C)C)c(C(N)O)c1. The quantitative estimate of drug-likeness (QED) is 0.749. The highest BCUT2D eigenvalue weighted by molar-refractivity contribution is 5.36. The highest BCUT2D eigenvalue weighted by Crippen LogP contribution is 2.26. The number of nitrogens with two attached hydrogens (primary N) is 1. The molecule has 0 saturated carbocycles. The van der Waals surface area contributed by atoms with Crippen LogP contribution in [-0.2, 0) is 0 Å². The molecule has 0 radical (unpaired) electrons. The van der Waals surface area contributed by atoms with Crippen molar-refractivity contribution in [1.82, 2.24) is 0 Å². The fourth-order valence-corrected chi connectivity index (χ4v) is 1.73. The molecule has 0 heterocycles. The smallest absolute Gasteiger partial charge is 0.128 e. The Morgan fingerprint density at radius 2 is 1.60 bits per heavy atom. The molecular weight excluding hydrogens is 186 g/mol. The fourth-order valence-electron chi connectivity index (χ4n) is 1.73. The van der Waals surface area contributed by atoms with E-state index < -0.39 is 6.23 Å². The number of benzene rings is 1. The monoisotopic (exact) mass is 207 g/mol. The van der Waals surface area contributed by atoms with Crippen LogP contribution in [0, 0.1) is 0 Å². The van der Waals surface area contributed by atoms with E-state index in [0.29, 0.717) is 11.8 Å². The molecular formula is C13H21NO. The lowest BCUT2D eigenvalue weighted by Crippen LogP contribution is -2.12. The number of hydrogen-bond donors (Lipinski definition) is 2. The molecule has 0 bridgehead atoms. The number of aliphatic hydroxyl groups is 1. The summed E-state index contributed by atoms with van der Waals surface area (Å²) < 4.78 is 0. The molecule has 0 aromatic heterocycles. The van der Waals surface area contributed by atoms with Crippen molar-refractivity contribution in [2.45, 2.75) is 45.8 Å². The van der Waals surface area contributed by atoms with Crippen molar-refractivity contribution in [2.75, 3.05) is 0 Å². The van der Waals surface area contributed by atoms with Crippen molar-refractivity contribution in [3.05, 3.63) is 34.9 Å². The summed E-state index contributed by atoms with van der Waals surface area (Å²) in [5, 5.41) is 9.54. The zero-order chi connectivity index (χ0) is 11.6. The van der Waals surface area contributed by atoms with E-state index in [0.717, 1.165) is 11.1 Å². The molecule has 1 unspecified atom stereocenters. The van der Waals surface area contributed by atoms with Gasteiger partial charge in [0.1, 0.15) is 6.23 Å². The van der Waals surface area contributed by atoms with Gasteiger partial charge < -0.3 is 10.8 Å². The van der Waals surface area contributed by atoms with Gasteiger partial charge >= 0.3 is 0 Å². The van der Waals surface area contributed by atoms with Gasteiger partial charge in [0.05, 0.1) is 0 Å². The molecule has 0 spiro atoms. The molecule has 0 fully saturated rings. The summed E-state index contributed by atoms with van der Waals surface area (Å²) in [4.78, 5) is 0. The molecule has 15 heavy (non-hydrogen) atoms. The van der Waals surface area contributed by atoms with Gasteiger partial charge in [-0.3, -0.25) is 0 Å². The summed E-state index contributed by atoms with van der Waals surface area (Å²) in [5.41, 5.74) is 8.79. The Balaban J connectivity index is 3.21. The predicted molar refractivity (Wildman–Crippen MR) is 63.8 cm³/mol. The van der Waals surface area contributed by atoms with Gasteiger partial charge in [0.25, 0.3) is 0 Å². The Bertz CT molecular complexity index is 329. The zero-order valence-corrected chi connectivity index (χ0v) is 9.99. The van der Waals surface area contributed by atoms with Gasteiger partial charge in [-0.1, -0.05) is 45.9 Å². The minimum absolute atomic E-state index is 0.388. The number of aliphatic hydroxyl groups excluding tert-OH is 1. The van der Waals surface area contributed by atoms with Crippen molar-refractivity contribution >= 4 is 0 Å². The first-order valence-electron chi connectivity index (χ1n) is 5.50. The maximum Gasteiger partial charge on any atom is 0.128 e. The summed E-state index contributed by atoms with van der Waals surface area (Å²) in [6.45, 7) is 8.49. The molecule has 0 saturated heterocycles. The van der Waals surface area contributed by atoms with Gasteiger partial charge in [-0.2, -0.15) is 0 Å². The average molecular weight is 207 g/mol. The Kier molecular flexibility index (Phi) is 3.89. The van der Waals surface area contributed by atoms with E-state index in [9.17, 15) is 5.11 Å². The van der Waals surface area contributed by atoms with Crippen LogP contribution in [0.3, 0.4) is 0 Å². The first kappa shape index (κ1) is 12.2. The second kappa shape index (κ2) is 4.77. The first-order chi connectivity index (χ1) is 6.93. The molecule has 1 rings (SSSR count). The number of rotatable bonds is 3. The first-order valence-corrected chi connectivity index (χ1v) is 5.50. The van der Waals surface area contributed by atoms with E-state index in [-0.39, 0.29) is 0 Å². The molecule has 2 nitrogen and oxygen atoms in total. The second-order valence-corrected chi connectivity index (χ2v) is 4.64. The third-order valence-electron chi connectivity index (χ3n) is 2.72. The van der Waals surface area contributed by atoms with E-state index in [4.69, 9.17) is 5.73 Å². The largest absolute Gasteiger partial charge is 0.375 e. The molecule has 0 amide bonds. The van der Waals surface area contributed by atoms with Crippen LogP contribution in [0.5, 0.6) is 0 Å². The van der Waals surface area contributed by atoms with Crippen LogP contribution in [0.25, 0.3) is 0 Å². The van der Waals surface area contributed by atoms with Crippen molar-refractivity contribution in [3.63, 3.8) is 0 Å². The highest BCUT2D eigenvalue weighted by Gasteiger charge is 2.12. The van der Waals surface area contributed by atoms with E-state index in [1.807, 2.05) is 6.07 Å². The average Bonchev–Trinajstić information content (AvgIpc) is 2.16. The lowest BCUT2D eigenvalue weighted by Gasteiger charge is -2.17. The molecule has 1 aromatic rings. The normalized spacial score (nSPS) is 13.6. The predicted octanol–water partition coefficient (Wildman–Crippen LogP) is 2.88. The highest BCUT2D eigenvalue weighted by atomic mass is 16.3. The van der Waals surface area contributed by atoms with Crippen molar-refractivity contribution < 1.29 is 5.11 Å². The molecule has 0 aliphatic heterocycles. The van der Waals surface area contributed by atoms with Crippen molar-refractivity contribution in [2.24, 2.45) is 5.73 Å². The summed E-state index contributed by atoms with van der Waals surface area (Å²) in [6.07, 6.45) is -0.874. The number of hydrogen-bond acceptors (Lipinski definition) is 2.